The Labute approximate surface area is 183 Å². The number of hydrazine groups is 1. The SMILES string of the molecule is CC1CN(C(=O)C2CNNC2C2CCN(C(=O)Cc3ccccc3F)CC2)CC(C)O1. The molecule has 0 saturated carbocycles. The molecule has 3 saturated heterocycles. The van der Waals surface area contributed by atoms with Gasteiger partial charge in [-0.25, -0.2) is 4.39 Å². The third kappa shape index (κ3) is 5.07. The van der Waals surface area contributed by atoms with Gasteiger partial charge in [0, 0.05) is 38.8 Å². The van der Waals surface area contributed by atoms with Crippen LogP contribution in [0.15, 0.2) is 24.3 Å². The van der Waals surface area contributed by atoms with Crippen molar-refractivity contribution in [3.8, 4) is 0 Å². The number of hydrogen-bond donors (Lipinski definition) is 2. The van der Waals surface area contributed by atoms with Gasteiger partial charge >= 0.3 is 0 Å². The van der Waals surface area contributed by atoms with E-state index in [2.05, 4.69) is 10.9 Å². The molecule has 1 aromatic carbocycles. The van der Waals surface area contributed by atoms with Crippen LogP contribution in [0.3, 0.4) is 0 Å². The van der Waals surface area contributed by atoms with E-state index in [4.69, 9.17) is 4.74 Å². The first kappa shape index (κ1) is 22.2. The summed E-state index contributed by atoms with van der Waals surface area (Å²) in [5.74, 6) is 0.0214. The summed E-state index contributed by atoms with van der Waals surface area (Å²) in [5, 5.41) is 0. The van der Waals surface area contributed by atoms with Gasteiger partial charge in [0.1, 0.15) is 5.82 Å². The first-order valence-electron chi connectivity index (χ1n) is 11.4. The van der Waals surface area contributed by atoms with Crippen molar-refractivity contribution in [2.75, 3.05) is 32.7 Å². The third-order valence-electron chi connectivity index (χ3n) is 6.77. The Hall–Kier alpha value is -2.03. The Kier molecular flexibility index (Phi) is 6.89. The van der Waals surface area contributed by atoms with E-state index in [1.807, 2.05) is 23.6 Å². The van der Waals surface area contributed by atoms with Crippen LogP contribution in [0.2, 0.25) is 0 Å². The molecule has 7 nitrogen and oxygen atoms in total. The summed E-state index contributed by atoms with van der Waals surface area (Å²) in [4.78, 5) is 29.7. The van der Waals surface area contributed by atoms with Crippen molar-refractivity contribution in [3.63, 3.8) is 0 Å². The van der Waals surface area contributed by atoms with Crippen molar-refractivity contribution in [3.05, 3.63) is 35.6 Å². The highest BCUT2D eigenvalue weighted by atomic mass is 19.1. The molecule has 0 aliphatic carbocycles. The van der Waals surface area contributed by atoms with Gasteiger partial charge in [-0.05, 0) is 44.2 Å². The van der Waals surface area contributed by atoms with Gasteiger partial charge in [-0.2, -0.15) is 0 Å². The van der Waals surface area contributed by atoms with Crippen molar-refractivity contribution in [2.45, 2.75) is 51.4 Å². The minimum Gasteiger partial charge on any atom is -0.372 e. The number of amides is 2. The van der Waals surface area contributed by atoms with E-state index in [9.17, 15) is 14.0 Å². The van der Waals surface area contributed by atoms with Crippen LogP contribution in [0.1, 0.15) is 32.3 Å². The second kappa shape index (κ2) is 9.63. The van der Waals surface area contributed by atoms with Crippen LogP contribution in [0.25, 0.3) is 0 Å². The number of morpholine rings is 1. The molecular weight excluding hydrogens is 399 g/mol. The molecular formula is C23H33FN4O3. The highest BCUT2D eigenvalue weighted by molar-refractivity contribution is 5.80. The summed E-state index contributed by atoms with van der Waals surface area (Å²) in [6.45, 7) is 7.19. The van der Waals surface area contributed by atoms with Crippen LogP contribution in [0, 0.1) is 17.7 Å². The first-order valence-corrected chi connectivity index (χ1v) is 11.4. The van der Waals surface area contributed by atoms with Gasteiger partial charge in [-0.1, -0.05) is 18.2 Å². The summed E-state index contributed by atoms with van der Waals surface area (Å²) >= 11 is 0. The van der Waals surface area contributed by atoms with Crippen molar-refractivity contribution >= 4 is 11.8 Å². The lowest BCUT2D eigenvalue weighted by molar-refractivity contribution is -0.148. The Morgan fingerprint density at radius 1 is 1.10 bits per heavy atom. The van der Waals surface area contributed by atoms with E-state index in [-0.39, 0.29) is 48.2 Å². The van der Waals surface area contributed by atoms with Gasteiger partial charge in [0.25, 0.3) is 0 Å². The molecule has 1 aromatic rings. The Balaban J connectivity index is 1.32. The predicted molar refractivity (Wildman–Crippen MR) is 114 cm³/mol. The number of benzene rings is 1. The number of hydrogen-bond acceptors (Lipinski definition) is 5. The molecule has 31 heavy (non-hydrogen) atoms. The number of ether oxygens (including phenoxy) is 1. The molecule has 2 amide bonds. The predicted octanol–water partition coefficient (Wildman–Crippen LogP) is 1.34. The second-order valence-corrected chi connectivity index (χ2v) is 9.14. The monoisotopic (exact) mass is 432 g/mol. The van der Waals surface area contributed by atoms with Crippen LogP contribution < -0.4 is 10.9 Å². The maximum absolute atomic E-state index is 13.9. The van der Waals surface area contributed by atoms with Crippen LogP contribution >= 0.6 is 0 Å². The van der Waals surface area contributed by atoms with Gasteiger partial charge in [-0.3, -0.25) is 20.4 Å². The van der Waals surface area contributed by atoms with Gasteiger partial charge in [0.15, 0.2) is 0 Å². The number of likely N-dealkylation sites (tertiary alicyclic amines) is 1. The summed E-state index contributed by atoms with van der Waals surface area (Å²) in [7, 11) is 0. The van der Waals surface area contributed by atoms with E-state index < -0.39 is 0 Å². The highest BCUT2D eigenvalue weighted by Crippen LogP contribution is 2.29. The average Bonchev–Trinajstić information content (AvgIpc) is 3.24. The zero-order valence-corrected chi connectivity index (χ0v) is 18.4. The van der Waals surface area contributed by atoms with Crippen molar-refractivity contribution in [1.82, 2.24) is 20.7 Å². The summed E-state index contributed by atoms with van der Waals surface area (Å²) in [6.07, 6.45) is 1.87. The van der Waals surface area contributed by atoms with E-state index >= 15 is 0 Å². The smallest absolute Gasteiger partial charge is 0.228 e. The van der Waals surface area contributed by atoms with E-state index in [1.54, 1.807) is 18.2 Å². The molecule has 4 unspecified atom stereocenters. The van der Waals surface area contributed by atoms with Gasteiger partial charge in [-0.15, -0.1) is 0 Å². The molecule has 3 heterocycles. The van der Waals surface area contributed by atoms with Crippen LogP contribution in [-0.2, 0) is 20.7 Å². The number of carbonyl (C=O) groups excluding carboxylic acids is 2. The van der Waals surface area contributed by atoms with Gasteiger partial charge < -0.3 is 14.5 Å². The van der Waals surface area contributed by atoms with Gasteiger partial charge in [0.05, 0.1) is 24.5 Å². The van der Waals surface area contributed by atoms with Crippen LogP contribution in [0.5, 0.6) is 0 Å². The maximum atomic E-state index is 13.9. The van der Waals surface area contributed by atoms with Crippen LogP contribution in [-0.4, -0.2) is 72.6 Å². The molecule has 4 atom stereocenters. The number of rotatable bonds is 4. The zero-order chi connectivity index (χ0) is 22.0. The third-order valence-corrected chi connectivity index (χ3v) is 6.77. The minimum absolute atomic E-state index is 0.0371. The number of piperidine rings is 1. The fraction of sp³-hybridized carbons (Fsp3) is 0.652. The Bertz CT molecular complexity index is 789. The minimum atomic E-state index is -0.333. The molecule has 8 heteroatoms. The Morgan fingerprint density at radius 2 is 1.77 bits per heavy atom. The summed E-state index contributed by atoms with van der Waals surface area (Å²) in [5.41, 5.74) is 6.95. The summed E-state index contributed by atoms with van der Waals surface area (Å²) in [6, 6.07) is 6.50. The fourth-order valence-electron chi connectivity index (χ4n) is 5.22. The number of halogens is 1. The van der Waals surface area contributed by atoms with Crippen LogP contribution in [0.4, 0.5) is 4.39 Å². The highest BCUT2D eigenvalue weighted by Gasteiger charge is 2.42. The standard InChI is InChI=1S/C23H33FN4O3/c1-15-13-28(14-16(2)31-15)23(30)19-12-25-26-22(19)17-7-9-27(10-8-17)21(29)11-18-5-3-4-6-20(18)24/h3-6,15-17,19,22,25-26H,7-14H2,1-2H3. The zero-order valence-electron chi connectivity index (χ0n) is 18.4. The normalized spacial score (nSPS) is 29.9. The molecule has 0 spiro atoms. The molecule has 170 valence electrons. The first-order chi connectivity index (χ1) is 14.9. The lowest BCUT2D eigenvalue weighted by atomic mass is 9.82. The number of nitrogens with zero attached hydrogens (tertiary/aromatic N) is 2. The lowest BCUT2D eigenvalue weighted by Gasteiger charge is -2.39. The van der Waals surface area contributed by atoms with Gasteiger partial charge in [0.2, 0.25) is 11.8 Å². The molecule has 0 radical (unpaired) electrons. The molecule has 3 aliphatic rings. The molecule has 3 aliphatic heterocycles. The lowest BCUT2D eigenvalue weighted by Crippen LogP contribution is -2.53. The molecule has 3 fully saturated rings. The molecule has 0 bridgehead atoms. The number of carbonyl (C=O) groups is 2. The van der Waals surface area contributed by atoms with Crippen molar-refractivity contribution < 1.29 is 18.7 Å². The second-order valence-electron chi connectivity index (χ2n) is 9.14. The largest absolute Gasteiger partial charge is 0.372 e. The maximum Gasteiger partial charge on any atom is 0.228 e. The quantitative estimate of drug-likeness (QED) is 0.751. The molecule has 2 N–H and O–H groups in total. The van der Waals surface area contributed by atoms with Crippen molar-refractivity contribution in [2.24, 2.45) is 11.8 Å². The molecule has 0 aromatic heterocycles. The van der Waals surface area contributed by atoms with E-state index in [0.29, 0.717) is 44.2 Å². The topological polar surface area (TPSA) is 73.9 Å². The van der Waals surface area contributed by atoms with Crippen molar-refractivity contribution in [1.29, 1.82) is 0 Å². The van der Waals surface area contributed by atoms with E-state index in [1.165, 1.54) is 6.07 Å². The number of nitrogens with one attached hydrogen (secondary N) is 2. The fourth-order valence-corrected chi connectivity index (χ4v) is 5.22. The Morgan fingerprint density at radius 3 is 2.45 bits per heavy atom. The summed E-state index contributed by atoms with van der Waals surface area (Å²) < 4.78 is 19.6. The molecule has 4 rings (SSSR count). The average molecular weight is 433 g/mol. The van der Waals surface area contributed by atoms with E-state index in [0.717, 1.165) is 12.8 Å².